The lowest BCUT2D eigenvalue weighted by Crippen LogP contribution is -2.48. The summed E-state index contributed by atoms with van der Waals surface area (Å²) in [6.45, 7) is 8.10. The molecule has 2 atom stereocenters. The lowest BCUT2D eigenvalue weighted by molar-refractivity contribution is 0.322. The topological polar surface area (TPSA) is 15.3 Å². The second-order valence-corrected chi connectivity index (χ2v) is 6.29. The Labute approximate surface area is 122 Å². The highest BCUT2D eigenvalue weighted by molar-refractivity contribution is 7.98. The van der Waals surface area contributed by atoms with Gasteiger partial charge >= 0.3 is 0 Å². The molecule has 0 radical (unpaired) electrons. The highest BCUT2D eigenvalue weighted by atomic mass is 32.2. The number of nitrogens with one attached hydrogen (secondary N) is 1. The standard InChI is InChI=1S/C16H26N2S/c1-4-10-17-14-9-11-18(12-13(14)2)15-7-5-6-8-16(15)19-3/h5-8,13-14,17H,4,9-12H2,1-3H3. The van der Waals surface area contributed by atoms with Gasteiger partial charge in [0.25, 0.3) is 0 Å². The number of rotatable bonds is 5. The van der Waals surface area contributed by atoms with Crippen molar-refractivity contribution < 1.29 is 0 Å². The van der Waals surface area contributed by atoms with Crippen LogP contribution in [-0.2, 0) is 0 Å². The van der Waals surface area contributed by atoms with Crippen molar-refractivity contribution in [2.75, 3.05) is 30.8 Å². The number of anilines is 1. The molecule has 1 aromatic carbocycles. The van der Waals surface area contributed by atoms with Gasteiger partial charge in [0.1, 0.15) is 0 Å². The van der Waals surface area contributed by atoms with Crippen LogP contribution in [0.2, 0.25) is 0 Å². The molecule has 0 spiro atoms. The Morgan fingerprint density at radius 1 is 1.37 bits per heavy atom. The minimum Gasteiger partial charge on any atom is -0.370 e. The normalized spacial score (nSPS) is 23.6. The van der Waals surface area contributed by atoms with Crippen molar-refractivity contribution in [2.24, 2.45) is 5.92 Å². The summed E-state index contributed by atoms with van der Waals surface area (Å²) < 4.78 is 0. The summed E-state index contributed by atoms with van der Waals surface area (Å²) in [5, 5.41) is 3.69. The van der Waals surface area contributed by atoms with E-state index in [-0.39, 0.29) is 0 Å². The van der Waals surface area contributed by atoms with Crippen LogP contribution in [0.3, 0.4) is 0 Å². The molecule has 0 amide bonds. The maximum Gasteiger partial charge on any atom is 0.0504 e. The fourth-order valence-corrected chi connectivity index (χ4v) is 3.51. The minimum absolute atomic E-state index is 0.692. The zero-order chi connectivity index (χ0) is 13.7. The Morgan fingerprint density at radius 3 is 2.84 bits per heavy atom. The Bertz CT molecular complexity index is 394. The Balaban J connectivity index is 2.01. The smallest absolute Gasteiger partial charge is 0.0504 e. The molecule has 1 fully saturated rings. The van der Waals surface area contributed by atoms with Gasteiger partial charge in [-0.1, -0.05) is 26.0 Å². The molecule has 1 heterocycles. The first-order chi connectivity index (χ1) is 9.26. The van der Waals surface area contributed by atoms with Gasteiger partial charge in [-0.05, 0) is 43.7 Å². The molecule has 1 saturated heterocycles. The number of para-hydroxylation sites is 1. The lowest BCUT2D eigenvalue weighted by atomic mass is 9.93. The first-order valence-electron chi connectivity index (χ1n) is 7.37. The summed E-state index contributed by atoms with van der Waals surface area (Å²) in [4.78, 5) is 3.95. The van der Waals surface area contributed by atoms with Crippen molar-refractivity contribution in [3.05, 3.63) is 24.3 Å². The minimum atomic E-state index is 0.692. The molecular weight excluding hydrogens is 252 g/mol. The van der Waals surface area contributed by atoms with E-state index in [0.29, 0.717) is 6.04 Å². The van der Waals surface area contributed by atoms with Gasteiger partial charge in [-0.2, -0.15) is 0 Å². The van der Waals surface area contributed by atoms with Crippen LogP contribution in [0, 0.1) is 5.92 Å². The van der Waals surface area contributed by atoms with Gasteiger partial charge in [0.2, 0.25) is 0 Å². The number of thioether (sulfide) groups is 1. The van der Waals surface area contributed by atoms with Gasteiger partial charge < -0.3 is 10.2 Å². The largest absolute Gasteiger partial charge is 0.370 e. The van der Waals surface area contributed by atoms with E-state index in [1.165, 1.54) is 36.5 Å². The summed E-state index contributed by atoms with van der Waals surface area (Å²) in [7, 11) is 0. The van der Waals surface area contributed by atoms with Crippen LogP contribution in [0.4, 0.5) is 5.69 Å². The summed E-state index contributed by atoms with van der Waals surface area (Å²) >= 11 is 1.85. The maximum absolute atomic E-state index is 3.69. The molecule has 2 unspecified atom stereocenters. The molecule has 1 aliphatic rings. The van der Waals surface area contributed by atoms with Crippen molar-refractivity contribution in [3.63, 3.8) is 0 Å². The SMILES string of the molecule is CCCNC1CCN(c2ccccc2SC)CC1C. The molecule has 1 aromatic rings. The predicted octanol–water partition coefficient (Wildman–Crippen LogP) is 3.62. The van der Waals surface area contributed by atoms with Crippen molar-refractivity contribution in [2.45, 2.75) is 37.6 Å². The second kappa shape index (κ2) is 7.20. The average molecular weight is 278 g/mol. The van der Waals surface area contributed by atoms with Gasteiger partial charge in [-0.15, -0.1) is 11.8 Å². The molecule has 19 heavy (non-hydrogen) atoms. The third kappa shape index (κ3) is 3.67. The number of piperidine rings is 1. The molecule has 106 valence electrons. The van der Waals surface area contributed by atoms with Gasteiger partial charge in [-0.25, -0.2) is 0 Å². The molecule has 1 aliphatic heterocycles. The van der Waals surface area contributed by atoms with Crippen LogP contribution in [0.15, 0.2) is 29.2 Å². The van der Waals surface area contributed by atoms with E-state index >= 15 is 0 Å². The zero-order valence-electron chi connectivity index (χ0n) is 12.4. The van der Waals surface area contributed by atoms with E-state index in [2.05, 4.69) is 54.6 Å². The van der Waals surface area contributed by atoms with E-state index < -0.39 is 0 Å². The van der Waals surface area contributed by atoms with Crippen molar-refractivity contribution >= 4 is 17.4 Å². The van der Waals surface area contributed by atoms with Crippen molar-refractivity contribution in [3.8, 4) is 0 Å². The van der Waals surface area contributed by atoms with E-state index in [0.717, 1.165) is 12.5 Å². The van der Waals surface area contributed by atoms with Crippen LogP contribution >= 0.6 is 11.8 Å². The summed E-state index contributed by atoms with van der Waals surface area (Å²) in [5.41, 5.74) is 1.41. The third-order valence-corrected chi connectivity index (χ3v) is 4.77. The molecule has 2 rings (SSSR count). The van der Waals surface area contributed by atoms with Crippen LogP contribution in [0.25, 0.3) is 0 Å². The lowest BCUT2D eigenvalue weighted by Gasteiger charge is -2.39. The quantitative estimate of drug-likeness (QED) is 0.828. The molecule has 2 nitrogen and oxygen atoms in total. The average Bonchev–Trinajstić information content (AvgIpc) is 2.46. The Kier molecular flexibility index (Phi) is 5.59. The molecule has 1 N–H and O–H groups in total. The highest BCUT2D eigenvalue weighted by Gasteiger charge is 2.26. The molecular formula is C16H26N2S. The highest BCUT2D eigenvalue weighted by Crippen LogP contribution is 2.31. The second-order valence-electron chi connectivity index (χ2n) is 5.44. The first-order valence-corrected chi connectivity index (χ1v) is 8.60. The molecule has 0 bridgehead atoms. The third-order valence-electron chi connectivity index (χ3n) is 3.99. The molecule has 0 aliphatic carbocycles. The van der Waals surface area contributed by atoms with Crippen LogP contribution < -0.4 is 10.2 Å². The number of hydrogen-bond acceptors (Lipinski definition) is 3. The fourth-order valence-electron chi connectivity index (χ4n) is 2.89. The first kappa shape index (κ1) is 14.7. The Morgan fingerprint density at radius 2 is 2.16 bits per heavy atom. The van der Waals surface area contributed by atoms with Gasteiger partial charge in [0, 0.05) is 24.0 Å². The Hall–Kier alpha value is -0.670. The summed E-state index contributed by atoms with van der Waals surface area (Å²) in [6.07, 6.45) is 4.64. The summed E-state index contributed by atoms with van der Waals surface area (Å²) in [5.74, 6) is 0.718. The molecule has 0 aromatic heterocycles. The number of benzene rings is 1. The van der Waals surface area contributed by atoms with E-state index in [9.17, 15) is 0 Å². The predicted molar refractivity (Wildman–Crippen MR) is 86.3 cm³/mol. The van der Waals surface area contributed by atoms with E-state index in [4.69, 9.17) is 0 Å². The monoisotopic (exact) mass is 278 g/mol. The van der Waals surface area contributed by atoms with Crippen LogP contribution in [-0.4, -0.2) is 31.9 Å². The van der Waals surface area contributed by atoms with E-state index in [1.807, 2.05) is 11.8 Å². The van der Waals surface area contributed by atoms with Crippen LogP contribution in [0.1, 0.15) is 26.7 Å². The van der Waals surface area contributed by atoms with Crippen molar-refractivity contribution in [1.29, 1.82) is 0 Å². The van der Waals surface area contributed by atoms with Crippen LogP contribution in [0.5, 0.6) is 0 Å². The van der Waals surface area contributed by atoms with Gasteiger partial charge in [0.15, 0.2) is 0 Å². The van der Waals surface area contributed by atoms with Crippen molar-refractivity contribution in [1.82, 2.24) is 5.32 Å². The maximum atomic E-state index is 3.69. The fraction of sp³-hybridized carbons (Fsp3) is 0.625. The summed E-state index contributed by atoms with van der Waals surface area (Å²) in [6, 6.07) is 9.47. The van der Waals surface area contributed by atoms with Gasteiger partial charge in [0.05, 0.1) is 5.69 Å². The number of hydrogen-bond donors (Lipinski definition) is 1. The number of nitrogens with zero attached hydrogens (tertiary/aromatic N) is 1. The van der Waals surface area contributed by atoms with Gasteiger partial charge in [-0.3, -0.25) is 0 Å². The van der Waals surface area contributed by atoms with E-state index in [1.54, 1.807) is 0 Å². The molecule has 3 heteroatoms. The zero-order valence-corrected chi connectivity index (χ0v) is 13.2. The molecule has 0 saturated carbocycles.